The Morgan fingerprint density at radius 3 is 1.90 bits per heavy atom. The van der Waals surface area contributed by atoms with Crippen molar-refractivity contribution in [3.05, 3.63) is 48.0 Å². The topological polar surface area (TPSA) is 116 Å². The predicted molar refractivity (Wildman–Crippen MR) is 144 cm³/mol. The van der Waals surface area contributed by atoms with Crippen LogP contribution in [0.2, 0.25) is 0 Å². The van der Waals surface area contributed by atoms with Crippen LogP contribution in [-0.4, -0.2) is 58.5 Å². The van der Waals surface area contributed by atoms with Crippen LogP contribution in [0.3, 0.4) is 0 Å². The van der Waals surface area contributed by atoms with Gasteiger partial charge in [0.15, 0.2) is 0 Å². The minimum absolute atomic E-state index is 0.357. The first-order chi connectivity index (χ1) is 19.2. The third-order valence-corrected chi connectivity index (χ3v) is 6.73. The van der Waals surface area contributed by atoms with Gasteiger partial charge < -0.3 is 30.3 Å². The van der Waals surface area contributed by atoms with Gasteiger partial charge in [0, 0.05) is 37.6 Å². The average molecular weight is 558 g/mol. The van der Waals surface area contributed by atoms with E-state index in [4.69, 9.17) is 4.98 Å². The molecule has 0 spiro atoms. The number of ether oxygens (including phenoxy) is 1. The van der Waals surface area contributed by atoms with Crippen molar-refractivity contribution < 1.29 is 27.8 Å². The summed E-state index contributed by atoms with van der Waals surface area (Å²) in [6.07, 6.45) is 1.85. The second-order valence-electron chi connectivity index (χ2n) is 9.74. The molecule has 13 heteroatoms. The van der Waals surface area contributed by atoms with Crippen molar-refractivity contribution in [1.29, 1.82) is 0 Å². The van der Waals surface area contributed by atoms with Crippen LogP contribution in [-0.2, 0) is 0 Å². The summed E-state index contributed by atoms with van der Waals surface area (Å²) < 4.78 is 41.5. The van der Waals surface area contributed by atoms with E-state index in [2.05, 4.69) is 35.1 Å². The van der Waals surface area contributed by atoms with Gasteiger partial charge in [0.05, 0.1) is 5.56 Å². The van der Waals surface area contributed by atoms with E-state index >= 15 is 0 Å². The Morgan fingerprint density at radius 1 is 0.800 bits per heavy atom. The van der Waals surface area contributed by atoms with E-state index in [1.165, 1.54) is 12.8 Å². The summed E-state index contributed by atoms with van der Waals surface area (Å²) in [7, 11) is 0. The lowest BCUT2D eigenvalue weighted by Crippen LogP contribution is -2.34. The number of phenols is 1. The number of hydrogen-bond acceptors (Lipinski definition) is 9. The lowest BCUT2D eigenvalue weighted by molar-refractivity contribution is -0.274. The van der Waals surface area contributed by atoms with E-state index in [1.807, 2.05) is 0 Å². The number of amides is 1. The molecule has 212 valence electrons. The van der Waals surface area contributed by atoms with Crippen LogP contribution in [0.25, 0.3) is 0 Å². The van der Waals surface area contributed by atoms with Crippen LogP contribution < -0.4 is 25.2 Å². The van der Waals surface area contributed by atoms with Gasteiger partial charge in [-0.15, -0.1) is 13.2 Å². The van der Waals surface area contributed by atoms with Crippen molar-refractivity contribution >= 4 is 35.1 Å². The molecular formula is C27H30F3N7O3. The maximum absolute atomic E-state index is 12.6. The Bertz CT molecular complexity index is 1290. The van der Waals surface area contributed by atoms with Crippen LogP contribution in [0.1, 0.15) is 48.9 Å². The zero-order chi connectivity index (χ0) is 28.1. The van der Waals surface area contributed by atoms with Crippen LogP contribution in [0.4, 0.5) is 42.4 Å². The molecule has 10 nitrogen and oxygen atoms in total. The number of phenolic OH excluding ortho intramolecular Hbond substituents is 1. The number of benzene rings is 2. The highest BCUT2D eigenvalue weighted by Gasteiger charge is 2.31. The molecule has 0 radical (unpaired) electrons. The van der Waals surface area contributed by atoms with E-state index in [1.54, 1.807) is 24.3 Å². The Kier molecular flexibility index (Phi) is 8.08. The number of aromatic hydroxyl groups is 1. The molecule has 0 bridgehead atoms. The Morgan fingerprint density at radius 2 is 1.35 bits per heavy atom. The smallest absolute Gasteiger partial charge is 0.507 e. The minimum Gasteiger partial charge on any atom is -0.507 e. The zero-order valence-corrected chi connectivity index (χ0v) is 21.7. The van der Waals surface area contributed by atoms with Crippen molar-refractivity contribution in [3.8, 4) is 11.5 Å². The number of alkyl halides is 3. The van der Waals surface area contributed by atoms with Crippen molar-refractivity contribution in [1.82, 2.24) is 15.0 Å². The Labute approximate surface area is 229 Å². The quantitative estimate of drug-likeness (QED) is 0.349. The fourth-order valence-electron chi connectivity index (χ4n) is 4.74. The molecule has 3 aromatic rings. The van der Waals surface area contributed by atoms with Gasteiger partial charge in [-0.3, -0.25) is 4.79 Å². The van der Waals surface area contributed by atoms with Gasteiger partial charge in [0.25, 0.3) is 5.91 Å². The summed E-state index contributed by atoms with van der Waals surface area (Å²) in [4.78, 5) is 31.2. The highest BCUT2D eigenvalue weighted by molar-refractivity contribution is 6.06. The molecular weight excluding hydrogens is 527 g/mol. The molecule has 0 aliphatic carbocycles. The third-order valence-electron chi connectivity index (χ3n) is 6.73. The lowest BCUT2D eigenvalue weighted by Gasteiger charge is -2.30. The standard InChI is InChI=1S/C27H30F3N7O3/c28-27(29,30)40-20-11-12-22(38)21(17-20)23(39)31-18-7-9-19(10-8-18)32-24-33-25(36-13-3-1-4-14-36)35-26(34-24)37-15-5-2-6-16-37/h7-12,17,38H,1-6,13-16H2,(H,31,39)(H,32,33,34,35). The zero-order valence-electron chi connectivity index (χ0n) is 21.7. The number of nitrogens with one attached hydrogen (secondary N) is 2. The van der Waals surface area contributed by atoms with Crippen molar-refractivity contribution in [2.45, 2.75) is 44.9 Å². The van der Waals surface area contributed by atoms with Crippen LogP contribution >= 0.6 is 0 Å². The van der Waals surface area contributed by atoms with Gasteiger partial charge in [-0.2, -0.15) is 15.0 Å². The molecule has 0 atom stereocenters. The van der Waals surface area contributed by atoms with Gasteiger partial charge >= 0.3 is 6.36 Å². The van der Waals surface area contributed by atoms with Crippen LogP contribution in [0.15, 0.2) is 42.5 Å². The fraction of sp³-hybridized carbons (Fsp3) is 0.407. The molecule has 1 aromatic heterocycles. The van der Waals surface area contributed by atoms with Crippen LogP contribution in [0, 0.1) is 0 Å². The minimum atomic E-state index is -4.92. The second kappa shape index (κ2) is 11.8. The molecule has 3 heterocycles. The second-order valence-corrected chi connectivity index (χ2v) is 9.74. The molecule has 3 N–H and O–H groups in total. The number of hydrogen-bond donors (Lipinski definition) is 3. The normalized spacial score (nSPS) is 16.0. The monoisotopic (exact) mass is 557 g/mol. The van der Waals surface area contributed by atoms with Gasteiger partial charge in [0.2, 0.25) is 17.8 Å². The molecule has 2 aromatic carbocycles. The maximum atomic E-state index is 12.6. The van der Waals surface area contributed by atoms with E-state index in [-0.39, 0.29) is 5.56 Å². The highest BCUT2D eigenvalue weighted by Crippen LogP contribution is 2.29. The summed E-state index contributed by atoms with van der Waals surface area (Å²) in [6.45, 7) is 3.60. The Hall–Kier alpha value is -4.29. The molecule has 2 aliphatic heterocycles. The van der Waals surface area contributed by atoms with Gasteiger partial charge in [0.1, 0.15) is 11.5 Å². The molecule has 1 amide bonds. The third kappa shape index (κ3) is 7.01. The first kappa shape index (κ1) is 27.3. The highest BCUT2D eigenvalue weighted by atomic mass is 19.4. The van der Waals surface area contributed by atoms with E-state index in [9.17, 15) is 23.1 Å². The number of nitrogens with zero attached hydrogens (tertiary/aromatic N) is 5. The van der Waals surface area contributed by atoms with Gasteiger partial charge in [-0.05, 0) is 81.0 Å². The first-order valence-electron chi connectivity index (χ1n) is 13.3. The number of carbonyl (C=O) groups is 1. The van der Waals surface area contributed by atoms with E-state index in [0.29, 0.717) is 29.2 Å². The van der Waals surface area contributed by atoms with E-state index < -0.39 is 23.8 Å². The lowest BCUT2D eigenvalue weighted by atomic mass is 10.1. The summed E-state index contributed by atoms with van der Waals surface area (Å²) in [5.74, 6) is -0.161. The SMILES string of the molecule is O=C(Nc1ccc(Nc2nc(N3CCCCC3)nc(N3CCCCC3)n2)cc1)c1cc(OC(F)(F)F)ccc1O. The first-order valence-corrected chi connectivity index (χ1v) is 13.3. The van der Waals surface area contributed by atoms with Crippen LogP contribution in [0.5, 0.6) is 11.5 Å². The predicted octanol–water partition coefficient (Wildman–Crippen LogP) is 5.45. The Balaban J connectivity index is 1.30. The van der Waals surface area contributed by atoms with Crippen molar-refractivity contribution in [2.24, 2.45) is 0 Å². The van der Waals surface area contributed by atoms with Gasteiger partial charge in [-0.25, -0.2) is 0 Å². The molecule has 2 aliphatic rings. The largest absolute Gasteiger partial charge is 0.573 e. The molecule has 40 heavy (non-hydrogen) atoms. The average Bonchev–Trinajstić information content (AvgIpc) is 2.95. The summed E-state index contributed by atoms with van der Waals surface area (Å²) in [5, 5.41) is 15.8. The number of aromatic nitrogens is 3. The number of halogens is 3. The summed E-state index contributed by atoms with van der Waals surface area (Å²) >= 11 is 0. The molecule has 5 rings (SSSR count). The fourth-order valence-corrected chi connectivity index (χ4v) is 4.74. The van der Waals surface area contributed by atoms with Crippen molar-refractivity contribution in [3.63, 3.8) is 0 Å². The molecule has 2 saturated heterocycles. The van der Waals surface area contributed by atoms with Gasteiger partial charge in [-0.1, -0.05) is 0 Å². The number of piperidine rings is 2. The van der Waals surface area contributed by atoms with Crippen molar-refractivity contribution in [2.75, 3.05) is 46.6 Å². The van der Waals surface area contributed by atoms with E-state index in [0.717, 1.165) is 70.1 Å². The number of anilines is 5. The number of carbonyl (C=O) groups excluding carboxylic acids is 1. The maximum Gasteiger partial charge on any atom is 0.573 e. The molecule has 2 fully saturated rings. The molecule has 0 saturated carbocycles. The summed E-state index contributed by atoms with van der Waals surface area (Å²) in [5.41, 5.74) is 0.683. The number of rotatable bonds is 7. The summed E-state index contributed by atoms with van der Waals surface area (Å²) in [6, 6.07) is 9.38. The molecule has 0 unspecified atom stereocenters.